The summed E-state index contributed by atoms with van der Waals surface area (Å²) in [5.41, 5.74) is 2.88. The molecule has 0 aliphatic heterocycles. The van der Waals surface area contributed by atoms with E-state index in [0.717, 1.165) is 4.47 Å². The van der Waals surface area contributed by atoms with Gasteiger partial charge in [0.15, 0.2) is 0 Å². The Morgan fingerprint density at radius 1 is 1.35 bits per heavy atom. The fourth-order valence-corrected chi connectivity index (χ4v) is 2.23. The molecule has 0 spiro atoms. The lowest BCUT2D eigenvalue weighted by Gasteiger charge is -2.02. The van der Waals surface area contributed by atoms with Crippen molar-refractivity contribution in [2.45, 2.75) is 6.42 Å². The van der Waals surface area contributed by atoms with Gasteiger partial charge < -0.3 is 5.11 Å². The van der Waals surface area contributed by atoms with Crippen LogP contribution in [0.5, 0.6) is 5.75 Å². The number of aromatic hydroxyl groups is 1. The highest BCUT2D eigenvalue weighted by molar-refractivity contribution is 9.10. The van der Waals surface area contributed by atoms with Gasteiger partial charge in [0, 0.05) is 21.7 Å². The van der Waals surface area contributed by atoms with E-state index in [1.54, 1.807) is 18.2 Å². The van der Waals surface area contributed by atoms with Gasteiger partial charge in [0.05, 0.1) is 17.6 Å². The van der Waals surface area contributed by atoms with Crippen molar-refractivity contribution in [3.8, 4) is 5.75 Å². The van der Waals surface area contributed by atoms with Crippen LogP contribution in [-0.2, 0) is 11.2 Å². The number of carbonyl (C=O) groups is 1. The van der Waals surface area contributed by atoms with Gasteiger partial charge in [0.25, 0.3) is 5.69 Å². The first-order valence-electron chi connectivity index (χ1n) is 6.50. The minimum absolute atomic E-state index is 0.0184. The molecule has 118 valence electrons. The Morgan fingerprint density at radius 3 is 2.83 bits per heavy atom. The van der Waals surface area contributed by atoms with Crippen LogP contribution in [0, 0.1) is 10.1 Å². The molecule has 0 saturated carbocycles. The second-order valence-electron chi connectivity index (χ2n) is 4.56. The zero-order valence-corrected chi connectivity index (χ0v) is 13.4. The number of phenolic OH excluding ortho intramolecular Hbond substituents is 1. The van der Waals surface area contributed by atoms with Crippen molar-refractivity contribution in [1.29, 1.82) is 0 Å². The lowest BCUT2D eigenvalue weighted by molar-refractivity contribution is -0.385. The SMILES string of the molecule is O=C(Cc1ccccc1[N+](=O)[O-])NN=Cc1cc(Br)ccc1O. The van der Waals surface area contributed by atoms with E-state index >= 15 is 0 Å². The number of benzene rings is 2. The van der Waals surface area contributed by atoms with Crippen LogP contribution in [0.3, 0.4) is 0 Å². The van der Waals surface area contributed by atoms with Crippen molar-refractivity contribution in [2.24, 2.45) is 5.10 Å². The maximum atomic E-state index is 11.8. The molecule has 0 heterocycles. The summed E-state index contributed by atoms with van der Waals surface area (Å²) >= 11 is 3.26. The van der Waals surface area contributed by atoms with Crippen LogP contribution in [0.4, 0.5) is 5.69 Å². The van der Waals surface area contributed by atoms with E-state index in [1.807, 2.05) is 0 Å². The summed E-state index contributed by atoms with van der Waals surface area (Å²) in [4.78, 5) is 22.2. The minimum Gasteiger partial charge on any atom is -0.507 e. The molecule has 0 aliphatic carbocycles. The number of rotatable bonds is 5. The summed E-state index contributed by atoms with van der Waals surface area (Å²) in [6.07, 6.45) is 1.12. The largest absolute Gasteiger partial charge is 0.507 e. The Morgan fingerprint density at radius 2 is 2.09 bits per heavy atom. The Kier molecular flexibility index (Phi) is 5.42. The Hall–Kier alpha value is -2.74. The predicted molar refractivity (Wildman–Crippen MR) is 88.3 cm³/mol. The lowest BCUT2D eigenvalue weighted by atomic mass is 10.1. The van der Waals surface area contributed by atoms with Gasteiger partial charge in [-0.25, -0.2) is 5.43 Å². The van der Waals surface area contributed by atoms with Crippen molar-refractivity contribution in [3.63, 3.8) is 0 Å². The lowest BCUT2D eigenvalue weighted by Crippen LogP contribution is -2.20. The zero-order valence-electron chi connectivity index (χ0n) is 11.8. The molecule has 23 heavy (non-hydrogen) atoms. The first-order chi connectivity index (χ1) is 11.0. The number of phenols is 1. The van der Waals surface area contributed by atoms with Gasteiger partial charge in [-0.2, -0.15) is 5.10 Å². The third-order valence-electron chi connectivity index (χ3n) is 2.92. The van der Waals surface area contributed by atoms with Gasteiger partial charge in [-0.15, -0.1) is 0 Å². The number of carbonyl (C=O) groups excluding carboxylic acids is 1. The second-order valence-corrected chi connectivity index (χ2v) is 5.47. The second kappa shape index (κ2) is 7.50. The average molecular weight is 378 g/mol. The topological polar surface area (TPSA) is 105 Å². The molecule has 0 saturated heterocycles. The molecular formula is C15H12BrN3O4. The molecule has 0 aliphatic rings. The van der Waals surface area contributed by atoms with E-state index in [2.05, 4.69) is 26.5 Å². The predicted octanol–water partition coefficient (Wildman–Crippen LogP) is 2.76. The van der Waals surface area contributed by atoms with Crippen LogP contribution < -0.4 is 5.43 Å². The minimum atomic E-state index is -0.536. The number of halogens is 1. The molecule has 2 rings (SSSR count). The Labute approximate surface area is 139 Å². The van der Waals surface area contributed by atoms with Crippen molar-refractivity contribution in [1.82, 2.24) is 5.43 Å². The molecule has 0 atom stereocenters. The van der Waals surface area contributed by atoms with E-state index in [1.165, 1.54) is 30.5 Å². The molecule has 8 heteroatoms. The van der Waals surface area contributed by atoms with Gasteiger partial charge >= 0.3 is 0 Å². The number of hydrogen-bond acceptors (Lipinski definition) is 5. The summed E-state index contributed by atoms with van der Waals surface area (Å²) in [6, 6.07) is 10.8. The van der Waals surface area contributed by atoms with Crippen LogP contribution in [0.2, 0.25) is 0 Å². The van der Waals surface area contributed by atoms with Gasteiger partial charge in [0.1, 0.15) is 5.75 Å². The first-order valence-corrected chi connectivity index (χ1v) is 7.29. The zero-order chi connectivity index (χ0) is 16.8. The summed E-state index contributed by atoms with van der Waals surface area (Å²) in [5.74, 6) is -0.477. The van der Waals surface area contributed by atoms with Crippen molar-refractivity contribution < 1.29 is 14.8 Å². The molecule has 0 bridgehead atoms. The highest BCUT2D eigenvalue weighted by Crippen LogP contribution is 2.20. The molecule has 2 N–H and O–H groups in total. The number of para-hydroxylation sites is 1. The number of hydrazone groups is 1. The molecule has 2 aromatic rings. The molecule has 0 aromatic heterocycles. The fraction of sp³-hybridized carbons (Fsp3) is 0.0667. The van der Waals surface area contributed by atoms with E-state index in [9.17, 15) is 20.0 Å². The number of nitrogens with one attached hydrogen (secondary N) is 1. The normalized spacial score (nSPS) is 10.7. The van der Waals surface area contributed by atoms with E-state index in [0.29, 0.717) is 11.1 Å². The smallest absolute Gasteiger partial charge is 0.273 e. The molecule has 2 aromatic carbocycles. The van der Waals surface area contributed by atoms with Crippen LogP contribution in [-0.4, -0.2) is 22.2 Å². The van der Waals surface area contributed by atoms with Gasteiger partial charge in [-0.05, 0) is 18.2 Å². The summed E-state index contributed by atoms with van der Waals surface area (Å²) in [6.45, 7) is 0. The van der Waals surface area contributed by atoms with Crippen LogP contribution in [0.1, 0.15) is 11.1 Å². The van der Waals surface area contributed by atoms with Gasteiger partial charge in [-0.3, -0.25) is 14.9 Å². The highest BCUT2D eigenvalue weighted by Gasteiger charge is 2.15. The number of nitro groups is 1. The van der Waals surface area contributed by atoms with Crippen LogP contribution >= 0.6 is 15.9 Å². The van der Waals surface area contributed by atoms with E-state index in [4.69, 9.17) is 0 Å². The van der Waals surface area contributed by atoms with E-state index < -0.39 is 10.8 Å². The molecular weight excluding hydrogens is 366 g/mol. The van der Waals surface area contributed by atoms with Crippen molar-refractivity contribution in [2.75, 3.05) is 0 Å². The number of nitro benzene ring substituents is 1. The Bertz CT molecular complexity index is 777. The summed E-state index contributed by atoms with van der Waals surface area (Å²) < 4.78 is 0.753. The maximum Gasteiger partial charge on any atom is 0.273 e. The first kappa shape index (κ1) is 16.6. The fourth-order valence-electron chi connectivity index (χ4n) is 1.85. The van der Waals surface area contributed by atoms with Crippen molar-refractivity contribution in [3.05, 3.63) is 68.2 Å². The highest BCUT2D eigenvalue weighted by atomic mass is 79.9. The molecule has 0 radical (unpaired) electrons. The molecule has 7 nitrogen and oxygen atoms in total. The Balaban J connectivity index is 2.02. The molecule has 0 fully saturated rings. The quantitative estimate of drug-likeness (QED) is 0.474. The van der Waals surface area contributed by atoms with Crippen molar-refractivity contribution >= 4 is 33.7 Å². The third kappa shape index (κ3) is 4.62. The average Bonchev–Trinajstić information content (AvgIpc) is 2.51. The number of amides is 1. The van der Waals surface area contributed by atoms with E-state index in [-0.39, 0.29) is 17.9 Å². The monoisotopic (exact) mass is 377 g/mol. The summed E-state index contributed by atoms with van der Waals surface area (Å²) in [5, 5.41) is 24.3. The summed E-state index contributed by atoms with van der Waals surface area (Å²) in [7, 11) is 0. The third-order valence-corrected chi connectivity index (χ3v) is 3.42. The standard InChI is InChI=1S/C15H12BrN3O4/c16-12-5-6-14(20)11(7-12)9-17-18-15(21)8-10-3-1-2-4-13(10)19(22)23/h1-7,9,20H,8H2,(H,18,21). The molecule has 0 unspecified atom stereocenters. The molecule has 1 amide bonds. The van der Waals surface area contributed by atoms with Crippen LogP contribution in [0.15, 0.2) is 52.0 Å². The maximum absolute atomic E-state index is 11.8. The number of nitrogens with zero attached hydrogens (tertiary/aromatic N) is 2. The van der Waals surface area contributed by atoms with Gasteiger partial charge in [0.2, 0.25) is 5.91 Å². The van der Waals surface area contributed by atoms with Gasteiger partial charge in [-0.1, -0.05) is 34.1 Å². The number of hydrogen-bond donors (Lipinski definition) is 2. The van der Waals surface area contributed by atoms with Crippen LogP contribution in [0.25, 0.3) is 0 Å².